The third kappa shape index (κ3) is 4.30. The molecule has 1 unspecified atom stereocenters. The van der Waals surface area contributed by atoms with Crippen molar-refractivity contribution in [3.05, 3.63) is 51.6 Å². The second-order valence-electron chi connectivity index (χ2n) is 9.68. The molecule has 1 aromatic heterocycles. The number of nitrogens with one attached hydrogen (secondary N) is 2. The Morgan fingerprint density at radius 2 is 2.09 bits per heavy atom. The Morgan fingerprint density at radius 1 is 1.21 bits per heavy atom. The third-order valence-electron chi connectivity index (χ3n) is 6.90. The van der Waals surface area contributed by atoms with Gasteiger partial charge in [-0.1, -0.05) is 29.3 Å². The lowest BCUT2D eigenvalue weighted by atomic mass is 10.1. The van der Waals surface area contributed by atoms with Crippen LogP contribution in [0.2, 0.25) is 5.02 Å². The molecule has 8 heteroatoms. The number of nitrogens with zero attached hydrogens (tertiary/aromatic N) is 4. The molecule has 1 saturated heterocycles. The van der Waals surface area contributed by atoms with E-state index in [9.17, 15) is 0 Å². The number of hydrogen-bond donors (Lipinski definition) is 2. The molecule has 1 saturated carbocycles. The summed E-state index contributed by atoms with van der Waals surface area (Å²) in [5.74, 6) is 3.63. The van der Waals surface area contributed by atoms with Crippen LogP contribution in [0, 0.1) is 5.92 Å². The van der Waals surface area contributed by atoms with Gasteiger partial charge in [0.25, 0.3) is 0 Å². The van der Waals surface area contributed by atoms with Crippen molar-refractivity contribution in [3.8, 4) is 11.8 Å². The number of aliphatic imine (C=N–C) groups is 1. The molecule has 4 aliphatic rings. The minimum absolute atomic E-state index is 0.274. The second kappa shape index (κ2) is 8.71. The van der Waals surface area contributed by atoms with Gasteiger partial charge < -0.3 is 20.3 Å². The SMILES string of the molecule is CC1=Cc2c(ccc(Oc3nc(NC4=NCC(C5CC5)=C4)cc(N4CCNCC4C)n3)c2Cl)C1. The van der Waals surface area contributed by atoms with Gasteiger partial charge in [-0.3, -0.25) is 4.99 Å². The molecule has 7 nitrogen and oxygen atoms in total. The summed E-state index contributed by atoms with van der Waals surface area (Å²) in [7, 11) is 0. The molecule has 0 radical (unpaired) electrons. The predicted molar refractivity (Wildman–Crippen MR) is 137 cm³/mol. The molecule has 2 aliphatic heterocycles. The molecule has 34 heavy (non-hydrogen) atoms. The molecule has 6 rings (SSSR count). The minimum atomic E-state index is 0.274. The van der Waals surface area contributed by atoms with E-state index in [2.05, 4.69) is 57.6 Å². The summed E-state index contributed by atoms with van der Waals surface area (Å²) in [6, 6.07) is 6.55. The van der Waals surface area contributed by atoms with Gasteiger partial charge in [-0.15, -0.1) is 0 Å². The van der Waals surface area contributed by atoms with Crippen molar-refractivity contribution < 1.29 is 4.74 Å². The lowest BCUT2D eigenvalue weighted by molar-refractivity contribution is 0.438. The van der Waals surface area contributed by atoms with Crippen molar-refractivity contribution in [2.75, 3.05) is 36.4 Å². The van der Waals surface area contributed by atoms with Crippen molar-refractivity contribution >= 4 is 35.1 Å². The Balaban J connectivity index is 1.32. The van der Waals surface area contributed by atoms with Crippen LogP contribution in [-0.4, -0.2) is 48.0 Å². The minimum Gasteiger partial charge on any atom is -0.423 e. The molecule has 1 atom stereocenters. The molecule has 0 amide bonds. The Labute approximate surface area is 205 Å². The molecule has 2 fully saturated rings. The monoisotopic (exact) mass is 476 g/mol. The predicted octanol–water partition coefficient (Wildman–Crippen LogP) is 4.84. The Hall–Kier alpha value is -2.90. The van der Waals surface area contributed by atoms with E-state index in [1.807, 2.05) is 12.1 Å². The van der Waals surface area contributed by atoms with Gasteiger partial charge in [0.2, 0.25) is 0 Å². The maximum absolute atomic E-state index is 6.72. The van der Waals surface area contributed by atoms with E-state index in [4.69, 9.17) is 21.3 Å². The van der Waals surface area contributed by atoms with Gasteiger partial charge in [-0.25, -0.2) is 0 Å². The highest BCUT2D eigenvalue weighted by Gasteiger charge is 2.28. The zero-order valence-corrected chi connectivity index (χ0v) is 20.3. The Bertz CT molecular complexity index is 1230. The topological polar surface area (TPSA) is 74.7 Å². The first-order chi connectivity index (χ1) is 16.5. The van der Waals surface area contributed by atoms with Crippen molar-refractivity contribution in [3.63, 3.8) is 0 Å². The number of ether oxygens (including phenoxy) is 1. The summed E-state index contributed by atoms with van der Waals surface area (Å²) >= 11 is 6.72. The first-order valence-electron chi connectivity index (χ1n) is 12.1. The highest BCUT2D eigenvalue weighted by atomic mass is 35.5. The van der Waals surface area contributed by atoms with Crippen molar-refractivity contribution in [1.29, 1.82) is 0 Å². The Morgan fingerprint density at radius 3 is 2.91 bits per heavy atom. The first kappa shape index (κ1) is 21.6. The number of aromatic nitrogens is 2. The van der Waals surface area contributed by atoms with E-state index in [1.54, 1.807) is 0 Å². The van der Waals surface area contributed by atoms with Gasteiger partial charge in [-0.05, 0) is 62.3 Å². The maximum atomic E-state index is 6.72. The zero-order valence-electron chi connectivity index (χ0n) is 19.6. The summed E-state index contributed by atoms with van der Waals surface area (Å²) in [6.07, 6.45) is 7.77. The fourth-order valence-corrected chi connectivity index (χ4v) is 5.18. The summed E-state index contributed by atoms with van der Waals surface area (Å²) in [4.78, 5) is 16.4. The maximum Gasteiger partial charge on any atom is 0.325 e. The third-order valence-corrected chi connectivity index (χ3v) is 7.29. The number of halogens is 1. The number of hydrogen-bond acceptors (Lipinski definition) is 7. The van der Waals surface area contributed by atoms with Crippen LogP contribution in [0.1, 0.15) is 37.8 Å². The largest absolute Gasteiger partial charge is 0.423 e. The summed E-state index contributed by atoms with van der Waals surface area (Å²) in [6.45, 7) is 7.78. The lowest BCUT2D eigenvalue weighted by Crippen LogP contribution is -2.50. The van der Waals surface area contributed by atoms with E-state index >= 15 is 0 Å². The average molecular weight is 477 g/mol. The lowest BCUT2D eigenvalue weighted by Gasteiger charge is -2.35. The quantitative estimate of drug-likeness (QED) is 0.643. The summed E-state index contributed by atoms with van der Waals surface area (Å²) in [5.41, 5.74) is 4.96. The molecule has 2 aliphatic carbocycles. The normalized spacial score (nSPS) is 21.7. The summed E-state index contributed by atoms with van der Waals surface area (Å²) < 4.78 is 6.19. The highest BCUT2D eigenvalue weighted by molar-refractivity contribution is 6.33. The number of allylic oxidation sites excluding steroid dienone is 1. The molecule has 176 valence electrons. The van der Waals surface area contributed by atoms with E-state index in [0.29, 0.717) is 28.5 Å². The van der Waals surface area contributed by atoms with Crippen LogP contribution >= 0.6 is 11.6 Å². The van der Waals surface area contributed by atoms with Gasteiger partial charge in [0.1, 0.15) is 23.2 Å². The molecular weight excluding hydrogens is 448 g/mol. The molecule has 0 spiro atoms. The van der Waals surface area contributed by atoms with E-state index in [0.717, 1.165) is 49.8 Å². The fourth-order valence-electron chi connectivity index (χ4n) is 4.90. The number of rotatable bonds is 5. The second-order valence-corrected chi connectivity index (χ2v) is 10.1. The highest BCUT2D eigenvalue weighted by Crippen LogP contribution is 2.39. The van der Waals surface area contributed by atoms with E-state index in [1.165, 1.54) is 29.6 Å². The average Bonchev–Trinajstić information content (AvgIpc) is 3.45. The fraction of sp³-hybridized carbons (Fsp3) is 0.423. The molecular formula is C26H29ClN6O. The van der Waals surface area contributed by atoms with Crippen LogP contribution in [0.15, 0.2) is 40.4 Å². The molecule has 0 bridgehead atoms. The molecule has 1 aromatic carbocycles. The van der Waals surface area contributed by atoms with E-state index in [-0.39, 0.29) is 6.01 Å². The number of amidine groups is 1. The number of piperazine rings is 1. The smallest absolute Gasteiger partial charge is 0.325 e. The van der Waals surface area contributed by atoms with Crippen LogP contribution < -0.4 is 20.3 Å². The van der Waals surface area contributed by atoms with Gasteiger partial charge in [0.05, 0.1) is 11.6 Å². The molecule has 2 aromatic rings. The molecule has 3 heterocycles. The van der Waals surface area contributed by atoms with Crippen molar-refractivity contribution in [2.45, 2.75) is 39.2 Å². The number of benzene rings is 1. The van der Waals surface area contributed by atoms with Gasteiger partial charge in [0.15, 0.2) is 0 Å². The van der Waals surface area contributed by atoms with Crippen molar-refractivity contribution in [2.24, 2.45) is 10.9 Å². The summed E-state index contributed by atoms with van der Waals surface area (Å²) in [5, 5.41) is 7.43. The van der Waals surface area contributed by atoms with Crippen LogP contribution in [-0.2, 0) is 6.42 Å². The molecule has 2 N–H and O–H groups in total. The van der Waals surface area contributed by atoms with E-state index < -0.39 is 0 Å². The number of fused-ring (bicyclic) bond motifs is 1. The first-order valence-corrected chi connectivity index (χ1v) is 12.5. The van der Waals surface area contributed by atoms with Crippen LogP contribution in [0.4, 0.5) is 11.6 Å². The zero-order chi connectivity index (χ0) is 23.2. The van der Waals surface area contributed by atoms with Crippen LogP contribution in [0.25, 0.3) is 6.08 Å². The standard InChI is InChI=1S/C26H29ClN6O/c1-15-9-18-5-6-21(25(27)20(18)10-15)34-26-31-23(30-22-11-19(14-29-22)17-3-4-17)12-24(32-26)33-8-7-28-13-16(33)2/h5-6,10-12,16-17,28H,3-4,7-9,13-14H2,1-2H3,(H,29,30,31,32). The Kier molecular flexibility index (Phi) is 5.54. The number of anilines is 2. The van der Waals surface area contributed by atoms with Crippen LogP contribution in [0.5, 0.6) is 11.8 Å². The van der Waals surface area contributed by atoms with Gasteiger partial charge >= 0.3 is 6.01 Å². The van der Waals surface area contributed by atoms with Crippen LogP contribution in [0.3, 0.4) is 0 Å². The van der Waals surface area contributed by atoms with Crippen molar-refractivity contribution in [1.82, 2.24) is 15.3 Å². The van der Waals surface area contributed by atoms with Gasteiger partial charge in [-0.2, -0.15) is 9.97 Å². The van der Waals surface area contributed by atoms with Gasteiger partial charge in [0, 0.05) is 37.3 Å².